The van der Waals surface area contributed by atoms with E-state index in [1.54, 1.807) is 18.2 Å². The lowest BCUT2D eigenvalue weighted by Gasteiger charge is -2.17. The lowest BCUT2D eigenvalue weighted by molar-refractivity contribution is 0.0696. The summed E-state index contributed by atoms with van der Waals surface area (Å²) in [7, 11) is 0. The third-order valence-electron chi connectivity index (χ3n) is 5.83. The fourth-order valence-electron chi connectivity index (χ4n) is 3.98. The van der Waals surface area contributed by atoms with Crippen LogP contribution in [0.5, 0.6) is 0 Å². The van der Waals surface area contributed by atoms with Gasteiger partial charge in [0.25, 0.3) is 11.8 Å². The Morgan fingerprint density at radius 3 is 2.44 bits per heavy atom. The molecule has 1 aromatic carbocycles. The Labute approximate surface area is 200 Å². The molecule has 2 amide bonds. The first kappa shape index (κ1) is 25.0. The highest BCUT2D eigenvalue weighted by atomic mass is 16.4. The third kappa shape index (κ3) is 6.25. The van der Waals surface area contributed by atoms with Crippen molar-refractivity contribution in [2.24, 2.45) is 11.8 Å². The largest absolute Gasteiger partial charge is 0.478 e. The van der Waals surface area contributed by atoms with Gasteiger partial charge in [-0.05, 0) is 68.9 Å². The molecule has 2 atom stereocenters. The number of furan rings is 1. The molecule has 2 aromatic rings. The minimum absolute atomic E-state index is 0.0414. The number of aromatic carboxylic acids is 1. The Balaban J connectivity index is 0.000000191. The highest BCUT2D eigenvalue weighted by Gasteiger charge is 2.46. The molecule has 0 radical (unpaired) electrons. The zero-order valence-corrected chi connectivity index (χ0v) is 19.9. The van der Waals surface area contributed by atoms with E-state index in [0.717, 1.165) is 30.8 Å². The molecule has 1 aromatic heterocycles. The Hall–Kier alpha value is -3.61. The van der Waals surface area contributed by atoms with Crippen LogP contribution in [0.1, 0.15) is 76.2 Å². The van der Waals surface area contributed by atoms with Crippen LogP contribution in [0.2, 0.25) is 0 Å². The molecule has 2 aliphatic rings. The Bertz CT molecular complexity index is 1090. The van der Waals surface area contributed by atoms with Crippen molar-refractivity contribution in [2.75, 3.05) is 19.6 Å². The van der Waals surface area contributed by atoms with Gasteiger partial charge in [-0.1, -0.05) is 31.2 Å². The van der Waals surface area contributed by atoms with Crippen LogP contribution in [0, 0.1) is 11.8 Å². The van der Waals surface area contributed by atoms with Crippen molar-refractivity contribution in [1.29, 1.82) is 0 Å². The summed E-state index contributed by atoms with van der Waals surface area (Å²) in [6.45, 7) is 8.14. The number of amides is 2. The first-order chi connectivity index (χ1) is 16.4. The third-order valence-corrected chi connectivity index (χ3v) is 5.83. The summed E-state index contributed by atoms with van der Waals surface area (Å²) in [6, 6.07) is 8.02. The Kier molecular flexibility index (Phi) is 8.46. The molecule has 7 nitrogen and oxygen atoms in total. The van der Waals surface area contributed by atoms with Crippen LogP contribution in [0.3, 0.4) is 0 Å². The average Bonchev–Trinajstić information content (AvgIpc) is 3.24. The first-order valence-electron chi connectivity index (χ1n) is 11.7. The van der Waals surface area contributed by atoms with Crippen LogP contribution in [0.25, 0.3) is 12.2 Å². The maximum Gasteiger partial charge on any atom is 0.335 e. The van der Waals surface area contributed by atoms with Crippen molar-refractivity contribution in [1.82, 2.24) is 10.2 Å². The maximum absolute atomic E-state index is 12.1. The van der Waals surface area contributed by atoms with Gasteiger partial charge in [-0.2, -0.15) is 0 Å². The molecule has 7 heteroatoms. The minimum Gasteiger partial charge on any atom is -0.478 e. The van der Waals surface area contributed by atoms with Gasteiger partial charge in [0.05, 0.1) is 5.56 Å². The van der Waals surface area contributed by atoms with Gasteiger partial charge in [0.1, 0.15) is 5.76 Å². The van der Waals surface area contributed by atoms with Gasteiger partial charge in [0.2, 0.25) is 0 Å². The molecule has 2 fully saturated rings. The van der Waals surface area contributed by atoms with Crippen molar-refractivity contribution in [2.45, 2.75) is 33.6 Å². The number of carboxylic acid groups (broad SMARTS) is 1. The van der Waals surface area contributed by atoms with E-state index in [2.05, 4.69) is 12.2 Å². The zero-order chi connectivity index (χ0) is 24.7. The van der Waals surface area contributed by atoms with Crippen molar-refractivity contribution in [3.63, 3.8) is 0 Å². The van der Waals surface area contributed by atoms with Gasteiger partial charge in [0, 0.05) is 30.8 Å². The number of hydrogen-bond donors (Lipinski definition) is 2. The van der Waals surface area contributed by atoms with Crippen molar-refractivity contribution in [3.8, 4) is 0 Å². The number of fused-ring (bicyclic) bond motifs is 1. The number of carbonyl (C=O) groups excluding carboxylic acids is 2. The number of nitrogens with zero attached hydrogens (tertiary/aromatic N) is 1. The lowest BCUT2D eigenvalue weighted by Crippen LogP contribution is -2.30. The first-order valence-corrected chi connectivity index (χ1v) is 11.7. The normalized spacial score (nSPS) is 18.5. The van der Waals surface area contributed by atoms with Crippen LogP contribution in [0.15, 0.2) is 46.9 Å². The summed E-state index contributed by atoms with van der Waals surface area (Å²) >= 11 is 0. The van der Waals surface area contributed by atoms with Crippen molar-refractivity contribution in [3.05, 3.63) is 70.7 Å². The quantitative estimate of drug-likeness (QED) is 0.603. The summed E-state index contributed by atoms with van der Waals surface area (Å²) < 4.78 is 5.53. The molecule has 1 saturated carbocycles. The molecule has 0 bridgehead atoms. The number of carboxylic acids is 1. The second-order valence-corrected chi connectivity index (χ2v) is 8.45. The second kappa shape index (κ2) is 11.5. The molecule has 2 heterocycles. The number of nitrogens with one attached hydrogen (secondary N) is 1. The molecular weight excluding hydrogens is 432 g/mol. The van der Waals surface area contributed by atoms with Gasteiger partial charge in [-0.15, -0.1) is 0 Å². The van der Waals surface area contributed by atoms with Gasteiger partial charge in [-0.25, -0.2) is 4.79 Å². The van der Waals surface area contributed by atoms with E-state index in [1.165, 1.54) is 18.6 Å². The fourth-order valence-corrected chi connectivity index (χ4v) is 3.98. The smallest absolute Gasteiger partial charge is 0.335 e. The second-order valence-electron chi connectivity index (χ2n) is 8.45. The molecule has 180 valence electrons. The highest BCUT2D eigenvalue weighted by molar-refractivity contribution is 5.97. The molecule has 2 N–H and O–H groups in total. The SMILES string of the molecule is C/C=C\c1cc(C(=O)NCC)oc1/C=C/CC.O=C(O)c1cccc(C(=O)N2CC3CC3C2)c1. The van der Waals surface area contributed by atoms with Crippen LogP contribution in [0.4, 0.5) is 0 Å². The lowest BCUT2D eigenvalue weighted by atomic mass is 10.1. The Morgan fingerprint density at radius 2 is 1.82 bits per heavy atom. The van der Waals surface area contributed by atoms with Crippen molar-refractivity contribution >= 4 is 29.9 Å². The molecule has 2 unspecified atom stereocenters. The summed E-state index contributed by atoms with van der Waals surface area (Å²) in [5.74, 6) is 1.27. The number of benzene rings is 1. The molecule has 1 aliphatic heterocycles. The topological polar surface area (TPSA) is 99.9 Å². The molecule has 0 spiro atoms. The van der Waals surface area contributed by atoms with Crippen molar-refractivity contribution < 1.29 is 23.9 Å². The number of piperidine rings is 1. The minimum atomic E-state index is -0.996. The monoisotopic (exact) mass is 464 g/mol. The standard InChI is InChI=1S/C14H19NO2.C13H13NO3/c1-4-7-9-12-11(8-5-2)10-13(17-12)14(16)15-6-3;15-12(14-6-10-5-11(10)7-14)8-2-1-3-9(4-8)13(16)17/h5,7-10H,4,6H2,1-3H3,(H,15,16);1-4,10-11H,5-7H2,(H,16,17)/b8-5-,9-7+;. The molecule has 34 heavy (non-hydrogen) atoms. The summed E-state index contributed by atoms with van der Waals surface area (Å²) in [5.41, 5.74) is 1.57. The fraction of sp³-hybridized carbons (Fsp3) is 0.370. The zero-order valence-electron chi connectivity index (χ0n) is 19.9. The van der Waals surface area contributed by atoms with Crippen LogP contribution >= 0.6 is 0 Å². The van der Waals surface area contributed by atoms with Crippen LogP contribution in [-0.2, 0) is 0 Å². The van der Waals surface area contributed by atoms with E-state index in [1.807, 2.05) is 43.1 Å². The molecule has 1 saturated heterocycles. The van der Waals surface area contributed by atoms with Gasteiger partial charge in [0.15, 0.2) is 5.76 Å². The van der Waals surface area contributed by atoms with Gasteiger partial charge in [-0.3, -0.25) is 9.59 Å². The number of rotatable bonds is 7. The number of allylic oxidation sites excluding steroid dienone is 2. The van der Waals surface area contributed by atoms with E-state index in [4.69, 9.17) is 9.52 Å². The van der Waals surface area contributed by atoms with Gasteiger partial charge >= 0.3 is 5.97 Å². The van der Waals surface area contributed by atoms with Gasteiger partial charge < -0.3 is 19.7 Å². The molecular formula is C27H32N2O5. The van der Waals surface area contributed by atoms with E-state index in [-0.39, 0.29) is 17.4 Å². The maximum atomic E-state index is 12.1. The average molecular weight is 465 g/mol. The summed E-state index contributed by atoms with van der Waals surface area (Å²) in [5, 5.41) is 11.6. The summed E-state index contributed by atoms with van der Waals surface area (Å²) in [4.78, 5) is 36.4. The Morgan fingerprint density at radius 1 is 1.12 bits per heavy atom. The highest BCUT2D eigenvalue weighted by Crippen LogP contribution is 2.45. The predicted molar refractivity (Wildman–Crippen MR) is 132 cm³/mol. The number of likely N-dealkylation sites (tertiary alicyclic amines) is 1. The van der Waals surface area contributed by atoms with E-state index in [0.29, 0.717) is 29.7 Å². The van der Waals surface area contributed by atoms with E-state index >= 15 is 0 Å². The van der Waals surface area contributed by atoms with E-state index < -0.39 is 5.97 Å². The summed E-state index contributed by atoms with van der Waals surface area (Å²) in [6.07, 6.45) is 9.95. The van der Waals surface area contributed by atoms with Crippen LogP contribution in [-0.4, -0.2) is 47.4 Å². The molecule has 1 aliphatic carbocycles. The number of hydrogen-bond acceptors (Lipinski definition) is 4. The molecule has 4 rings (SSSR count). The number of carbonyl (C=O) groups is 3. The van der Waals surface area contributed by atoms with E-state index in [9.17, 15) is 14.4 Å². The van der Waals surface area contributed by atoms with Crippen LogP contribution < -0.4 is 5.32 Å². The predicted octanol–water partition coefficient (Wildman–Crippen LogP) is 4.96.